The first-order valence-corrected chi connectivity index (χ1v) is 11.3. The molecule has 0 fully saturated rings. The van der Waals surface area contributed by atoms with Gasteiger partial charge in [0.15, 0.2) is 5.78 Å². The molecule has 0 unspecified atom stereocenters. The van der Waals surface area contributed by atoms with Crippen LogP contribution < -0.4 is 0 Å². The lowest BCUT2D eigenvalue weighted by atomic mass is 10.0. The first kappa shape index (κ1) is 20.3. The summed E-state index contributed by atoms with van der Waals surface area (Å²) in [6.45, 7) is 2.00. The summed E-state index contributed by atoms with van der Waals surface area (Å²) in [4.78, 5) is 17.6. The Kier molecular flexibility index (Phi) is 5.41. The summed E-state index contributed by atoms with van der Waals surface area (Å²) >= 11 is 6.17. The van der Waals surface area contributed by atoms with Crippen LogP contribution in [0.3, 0.4) is 0 Å². The number of nitrogens with zero attached hydrogens (tertiary/aromatic N) is 1. The molecule has 0 saturated heterocycles. The van der Waals surface area contributed by atoms with Crippen LogP contribution in [0.1, 0.15) is 28.4 Å². The molecule has 4 aromatic rings. The van der Waals surface area contributed by atoms with Crippen molar-refractivity contribution in [2.45, 2.75) is 23.1 Å². The number of aryl methyl sites for hydroxylation is 1. The van der Waals surface area contributed by atoms with Gasteiger partial charge in [-0.1, -0.05) is 61.0 Å². The molecule has 30 heavy (non-hydrogen) atoms. The number of fused-ring (bicyclic) bond motifs is 1. The van der Waals surface area contributed by atoms with Crippen LogP contribution in [-0.2, 0) is 16.3 Å². The Bertz CT molecular complexity index is 1350. The van der Waals surface area contributed by atoms with E-state index in [2.05, 4.69) is 4.98 Å². The zero-order valence-corrected chi connectivity index (χ0v) is 17.7. The van der Waals surface area contributed by atoms with Crippen LogP contribution in [0, 0.1) is 0 Å². The number of rotatable bonds is 5. The third-order valence-electron chi connectivity index (χ3n) is 4.97. The number of sulfone groups is 1. The molecular weight excluding hydrogens is 418 g/mol. The Hall–Kier alpha value is -3.02. The highest BCUT2D eigenvalue weighted by Crippen LogP contribution is 2.33. The van der Waals surface area contributed by atoms with Crippen molar-refractivity contribution in [3.63, 3.8) is 0 Å². The molecule has 1 heterocycles. The third kappa shape index (κ3) is 3.62. The summed E-state index contributed by atoms with van der Waals surface area (Å²) in [6, 6.07) is 20.1. The fourth-order valence-electron chi connectivity index (χ4n) is 3.36. The Labute approximate surface area is 180 Å². The molecule has 0 aliphatic rings. The van der Waals surface area contributed by atoms with Crippen LogP contribution >= 0.6 is 11.6 Å². The lowest BCUT2D eigenvalue weighted by Crippen LogP contribution is -2.12. The number of benzene rings is 3. The van der Waals surface area contributed by atoms with Gasteiger partial charge in [0, 0.05) is 22.2 Å². The number of hydrogen-bond acceptors (Lipinski definition) is 4. The van der Waals surface area contributed by atoms with Crippen molar-refractivity contribution in [1.29, 1.82) is 0 Å². The number of pyridine rings is 1. The van der Waals surface area contributed by atoms with E-state index in [0.29, 0.717) is 21.5 Å². The van der Waals surface area contributed by atoms with E-state index in [1.165, 1.54) is 6.20 Å². The van der Waals surface area contributed by atoms with Crippen molar-refractivity contribution in [2.24, 2.45) is 0 Å². The smallest absolute Gasteiger partial charge is 0.208 e. The number of hydrogen-bond donors (Lipinski definition) is 0. The van der Waals surface area contributed by atoms with Crippen LogP contribution in [0.5, 0.6) is 0 Å². The van der Waals surface area contributed by atoms with Gasteiger partial charge in [-0.15, -0.1) is 0 Å². The lowest BCUT2D eigenvalue weighted by Gasteiger charge is -2.14. The molecule has 0 amide bonds. The Balaban J connectivity index is 2.02. The number of halogens is 1. The summed E-state index contributed by atoms with van der Waals surface area (Å²) in [5.74, 6) is -0.409. The van der Waals surface area contributed by atoms with Crippen LogP contribution in [0.25, 0.3) is 10.9 Å². The minimum Gasteiger partial charge on any atom is -0.289 e. The molecule has 0 N–H and O–H groups in total. The molecule has 0 radical (unpaired) electrons. The predicted molar refractivity (Wildman–Crippen MR) is 118 cm³/mol. The van der Waals surface area contributed by atoms with Crippen LogP contribution in [0.15, 0.2) is 88.8 Å². The minimum atomic E-state index is -4.01. The fraction of sp³-hybridized carbons (Fsp3) is 0.0833. The Morgan fingerprint density at radius 1 is 0.967 bits per heavy atom. The molecule has 4 nitrogen and oxygen atoms in total. The van der Waals surface area contributed by atoms with Gasteiger partial charge in [-0.2, -0.15) is 0 Å². The lowest BCUT2D eigenvalue weighted by molar-refractivity contribution is 0.103. The highest BCUT2D eigenvalue weighted by Gasteiger charge is 2.28. The van der Waals surface area contributed by atoms with Crippen molar-refractivity contribution in [3.05, 3.63) is 101 Å². The Morgan fingerprint density at radius 3 is 2.33 bits per heavy atom. The molecule has 0 aliphatic heterocycles. The molecule has 0 atom stereocenters. The molecular formula is C24H18ClNO3S. The third-order valence-corrected chi connectivity index (χ3v) is 7.08. The maximum Gasteiger partial charge on any atom is 0.208 e. The first-order chi connectivity index (χ1) is 14.4. The van der Waals surface area contributed by atoms with E-state index in [-0.39, 0.29) is 15.4 Å². The van der Waals surface area contributed by atoms with E-state index in [9.17, 15) is 13.2 Å². The van der Waals surface area contributed by atoms with Crippen molar-refractivity contribution < 1.29 is 13.2 Å². The second-order valence-electron chi connectivity index (χ2n) is 6.86. The number of ketones is 1. The molecule has 0 aliphatic carbocycles. The van der Waals surface area contributed by atoms with Crippen LogP contribution in [-0.4, -0.2) is 19.2 Å². The van der Waals surface area contributed by atoms with E-state index in [1.54, 1.807) is 72.8 Å². The summed E-state index contributed by atoms with van der Waals surface area (Å²) < 4.78 is 27.4. The maximum absolute atomic E-state index is 13.7. The molecule has 6 heteroatoms. The van der Waals surface area contributed by atoms with Crippen LogP contribution in [0.2, 0.25) is 5.02 Å². The topological polar surface area (TPSA) is 64.1 Å². The average Bonchev–Trinajstić information content (AvgIpc) is 2.78. The largest absolute Gasteiger partial charge is 0.289 e. The molecule has 3 aromatic carbocycles. The molecule has 1 aromatic heterocycles. The second kappa shape index (κ2) is 8.01. The highest BCUT2D eigenvalue weighted by atomic mass is 35.5. The maximum atomic E-state index is 13.7. The van der Waals surface area contributed by atoms with E-state index in [1.807, 2.05) is 6.92 Å². The van der Waals surface area contributed by atoms with Crippen LogP contribution in [0.4, 0.5) is 0 Å². The van der Waals surface area contributed by atoms with Crippen molar-refractivity contribution in [3.8, 4) is 0 Å². The predicted octanol–water partition coefficient (Wildman–Crippen LogP) is 5.51. The standard InChI is InChI=1S/C24H18ClNO3S/c1-2-16-8-11-19(12-9-16)30(28,29)24-20-14-18(25)10-13-22(20)26-15-21(24)23(27)17-6-4-3-5-7-17/h3-15H,2H2,1H3. The van der Waals surface area contributed by atoms with Gasteiger partial charge in [0.25, 0.3) is 0 Å². The van der Waals surface area contributed by atoms with Gasteiger partial charge in [0.1, 0.15) is 0 Å². The zero-order chi connectivity index (χ0) is 21.3. The van der Waals surface area contributed by atoms with Gasteiger partial charge in [0.2, 0.25) is 9.84 Å². The van der Waals surface area contributed by atoms with E-state index >= 15 is 0 Å². The summed E-state index contributed by atoms with van der Waals surface area (Å²) in [7, 11) is -4.01. The molecule has 0 saturated carbocycles. The average molecular weight is 436 g/mol. The molecule has 150 valence electrons. The summed E-state index contributed by atoms with van der Waals surface area (Å²) in [5, 5.41) is 0.690. The normalized spacial score (nSPS) is 11.5. The molecule has 0 spiro atoms. The fourth-order valence-corrected chi connectivity index (χ4v) is 5.15. The summed E-state index contributed by atoms with van der Waals surface area (Å²) in [5.41, 5.74) is 1.89. The SMILES string of the molecule is CCc1ccc(S(=O)(=O)c2c(C(=O)c3ccccc3)cnc3ccc(Cl)cc23)cc1. The Morgan fingerprint density at radius 2 is 1.67 bits per heavy atom. The van der Waals surface area contributed by atoms with E-state index < -0.39 is 15.6 Å². The van der Waals surface area contributed by atoms with Gasteiger partial charge in [-0.25, -0.2) is 8.42 Å². The van der Waals surface area contributed by atoms with Gasteiger partial charge in [-0.3, -0.25) is 9.78 Å². The van der Waals surface area contributed by atoms with E-state index in [4.69, 9.17) is 11.6 Å². The van der Waals surface area contributed by atoms with E-state index in [0.717, 1.165) is 12.0 Å². The number of carbonyl (C=O) groups is 1. The molecule has 0 bridgehead atoms. The van der Waals surface area contributed by atoms with Gasteiger partial charge in [0.05, 0.1) is 20.9 Å². The number of carbonyl (C=O) groups excluding carboxylic acids is 1. The second-order valence-corrected chi connectivity index (χ2v) is 9.18. The first-order valence-electron chi connectivity index (χ1n) is 9.44. The zero-order valence-electron chi connectivity index (χ0n) is 16.2. The van der Waals surface area contributed by atoms with Crippen molar-refractivity contribution >= 4 is 38.1 Å². The van der Waals surface area contributed by atoms with Gasteiger partial charge >= 0.3 is 0 Å². The number of aromatic nitrogens is 1. The highest BCUT2D eigenvalue weighted by molar-refractivity contribution is 7.91. The quantitative estimate of drug-likeness (QED) is 0.387. The van der Waals surface area contributed by atoms with Gasteiger partial charge < -0.3 is 0 Å². The van der Waals surface area contributed by atoms with Crippen molar-refractivity contribution in [1.82, 2.24) is 4.98 Å². The molecule has 4 rings (SSSR count). The summed E-state index contributed by atoms with van der Waals surface area (Å²) in [6.07, 6.45) is 2.13. The van der Waals surface area contributed by atoms with Gasteiger partial charge in [-0.05, 0) is 42.3 Å². The van der Waals surface area contributed by atoms with Crippen molar-refractivity contribution in [2.75, 3.05) is 0 Å². The monoisotopic (exact) mass is 435 g/mol. The minimum absolute atomic E-state index is 0.0236.